The zero-order chi connectivity index (χ0) is 45.5. The van der Waals surface area contributed by atoms with E-state index in [0.29, 0.717) is 6.42 Å². The average molecular weight is 881 g/mol. The minimum Gasteiger partial charge on any atom is -0.481 e. The zero-order valence-corrected chi connectivity index (χ0v) is 45.2. The first-order chi connectivity index (χ1) is 26.0. The number of thiazole rings is 1. The van der Waals surface area contributed by atoms with E-state index >= 15 is 4.79 Å². The Bertz CT molecular complexity index is 1540. The predicted octanol–water partition coefficient (Wildman–Crippen LogP) is 14.7. The molecule has 0 amide bonds. The number of aliphatic carboxylic acids is 1. The Kier molecular flexibility index (Phi) is 20.1. The molecule has 0 fully saturated rings. The number of carbonyl (C=O) groups excluding carboxylic acids is 1. The molecule has 0 unspecified atom stereocenters. The number of rotatable bonds is 23. The number of carbonyl (C=O) groups is 2. The normalized spacial score (nSPS) is 17.2. The van der Waals surface area contributed by atoms with Gasteiger partial charge in [0, 0.05) is 16.7 Å². The van der Waals surface area contributed by atoms with E-state index in [9.17, 15) is 9.90 Å². The van der Waals surface area contributed by atoms with E-state index in [1.807, 2.05) is 20.8 Å². The first kappa shape index (κ1) is 54.8. The van der Waals surface area contributed by atoms with E-state index < -0.39 is 42.4 Å². The van der Waals surface area contributed by atoms with E-state index in [4.69, 9.17) is 18.3 Å². The van der Waals surface area contributed by atoms with Gasteiger partial charge in [-0.3, -0.25) is 9.59 Å². The Morgan fingerprint density at radius 3 is 1.78 bits per heavy atom. The molecule has 58 heavy (non-hydrogen) atoms. The zero-order valence-electron chi connectivity index (χ0n) is 41.4. The van der Waals surface area contributed by atoms with Gasteiger partial charge in [0.2, 0.25) is 0 Å². The fourth-order valence-corrected chi connectivity index (χ4v) is 11.3. The number of aromatic nitrogens is 1. The summed E-state index contributed by atoms with van der Waals surface area (Å²) in [5.74, 6) is -1.13. The number of allylic oxidation sites excluding steroid dienone is 1. The highest BCUT2D eigenvalue weighted by molar-refractivity contribution is 7.09. The largest absolute Gasteiger partial charge is 0.481 e. The van der Waals surface area contributed by atoms with Crippen LogP contribution in [0.25, 0.3) is 6.08 Å². The van der Waals surface area contributed by atoms with Gasteiger partial charge in [-0.25, -0.2) is 4.98 Å². The Balaban J connectivity index is 3.50. The van der Waals surface area contributed by atoms with Gasteiger partial charge in [0.15, 0.2) is 25.0 Å². The van der Waals surface area contributed by atoms with Crippen molar-refractivity contribution in [2.75, 3.05) is 0 Å². The lowest BCUT2D eigenvalue weighted by molar-refractivity contribution is -0.147. The number of ketones is 1. The highest BCUT2D eigenvalue weighted by Gasteiger charge is 2.50. The topological polar surface area (TPSA) is 95.0 Å². The molecule has 1 N–H and O–H groups in total. The lowest BCUT2D eigenvalue weighted by atomic mass is 9.71. The van der Waals surface area contributed by atoms with Gasteiger partial charge in [0.25, 0.3) is 0 Å². The molecule has 0 saturated carbocycles. The second-order valence-corrected chi connectivity index (χ2v) is 37.8. The first-order valence-electron chi connectivity index (χ1n) is 22.1. The average Bonchev–Trinajstić information content (AvgIpc) is 3.45. The van der Waals surface area contributed by atoms with Crippen molar-refractivity contribution in [3.63, 3.8) is 0 Å². The third-order valence-corrected chi connectivity index (χ3v) is 28.1. The van der Waals surface area contributed by atoms with Crippen LogP contribution in [0.1, 0.15) is 160 Å². The van der Waals surface area contributed by atoms with Gasteiger partial charge in [0.1, 0.15) is 5.78 Å². The van der Waals surface area contributed by atoms with E-state index in [0.717, 1.165) is 42.8 Å². The third kappa shape index (κ3) is 15.9. The van der Waals surface area contributed by atoms with Crippen molar-refractivity contribution >= 4 is 54.1 Å². The number of aryl methyl sites for hydroxylation is 1. The third-order valence-electron chi connectivity index (χ3n) is 13.8. The number of carboxylic acid groups (broad SMARTS) is 1. The lowest BCUT2D eigenvalue weighted by Crippen LogP contribution is -2.55. The molecule has 1 aromatic rings. The molecule has 0 spiro atoms. The number of Topliss-reactive ketones (excluding diaryl/α,β-unsaturated/α-hetero) is 1. The second kappa shape index (κ2) is 21.2. The summed E-state index contributed by atoms with van der Waals surface area (Å²) in [6.07, 6.45) is 8.51. The summed E-state index contributed by atoms with van der Waals surface area (Å²) in [5.41, 5.74) is 2.53. The van der Waals surface area contributed by atoms with Crippen LogP contribution in [0.15, 0.2) is 22.6 Å². The molecule has 11 heteroatoms. The van der Waals surface area contributed by atoms with E-state index in [-0.39, 0.29) is 51.4 Å². The van der Waals surface area contributed by atoms with Crippen LogP contribution < -0.4 is 0 Å². The Hall–Kier alpha value is -1.22. The Labute approximate surface area is 364 Å². The van der Waals surface area contributed by atoms with Crippen LogP contribution >= 0.6 is 11.3 Å². The van der Waals surface area contributed by atoms with Crippen LogP contribution in [0.2, 0.25) is 54.4 Å². The molecule has 1 aromatic heterocycles. The van der Waals surface area contributed by atoms with Gasteiger partial charge >= 0.3 is 5.97 Å². The molecule has 0 bridgehead atoms. The highest BCUT2D eigenvalue weighted by atomic mass is 32.1. The Morgan fingerprint density at radius 1 is 0.828 bits per heavy atom. The maximum absolute atomic E-state index is 15.1. The summed E-state index contributed by atoms with van der Waals surface area (Å²) in [4.78, 5) is 32.1. The smallest absolute Gasteiger partial charge is 0.305 e. The van der Waals surface area contributed by atoms with Crippen molar-refractivity contribution in [2.24, 2.45) is 17.3 Å². The van der Waals surface area contributed by atoms with Crippen LogP contribution in [-0.4, -0.2) is 65.1 Å². The Morgan fingerprint density at radius 2 is 1.33 bits per heavy atom. The maximum Gasteiger partial charge on any atom is 0.305 e. The molecule has 1 heterocycles. The van der Waals surface area contributed by atoms with Crippen LogP contribution in [-0.2, 0) is 22.9 Å². The highest BCUT2D eigenvalue weighted by Crippen LogP contribution is 2.45. The summed E-state index contributed by atoms with van der Waals surface area (Å²) < 4.78 is 21.2. The molecular weight excluding hydrogens is 791 g/mol. The fraction of sp³-hybridized carbons (Fsp3) is 0.809. The molecule has 0 radical (unpaired) electrons. The van der Waals surface area contributed by atoms with Gasteiger partial charge in [-0.05, 0) is 125 Å². The molecule has 0 aromatic carbocycles. The van der Waals surface area contributed by atoms with Crippen molar-refractivity contribution in [3.05, 3.63) is 33.3 Å². The van der Waals surface area contributed by atoms with Crippen LogP contribution in [0, 0.1) is 24.2 Å². The minimum atomic E-state index is -2.40. The molecule has 5 atom stereocenters. The van der Waals surface area contributed by atoms with Crippen molar-refractivity contribution in [3.8, 4) is 0 Å². The van der Waals surface area contributed by atoms with E-state index in [1.165, 1.54) is 11.1 Å². The predicted molar refractivity (Wildman–Crippen MR) is 258 cm³/mol. The molecule has 0 aliphatic rings. The quantitative estimate of drug-likeness (QED) is 0.0864. The van der Waals surface area contributed by atoms with Crippen molar-refractivity contribution < 1.29 is 28.0 Å². The number of hydrogen-bond acceptors (Lipinski definition) is 7. The molecular formula is C47H89NO6SSi3. The second-order valence-electron chi connectivity index (χ2n) is 22.5. The number of nitrogens with zero attached hydrogens (tertiary/aromatic N) is 1. The molecule has 0 aliphatic heterocycles. The van der Waals surface area contributed by atoms with Crippen molar-refractivity contribution in [2.45, 2.75) is 228 Å². The van der Waals surface area contributed by atoms with Crippen LogP contribution in [0.5, 0.6) is 0 Å². The van der Waals surface area contributed by atoms with Crippen molar-refractivity contribution in [1.82, 2.24) is 4.98 Å². The summed E-state index contributed by atoms with van der Waals surface area (Å²) >= 11 is 1.67. The van der Waals surface area contributed by atoms with Crippen molar-refractivity contribution in [1.29, 1.82) is 0 Å². The molecule has 336 valence electrons. The van der Waals surface area contributed by atoms with Crippen LogP contribution in [0.4, 0.5) is 0 Å². The summed E-state index contributed by atoms with van der Waals surface area (Å²) in [6, 6.07) is 0. The molecule has 1 rings (SSSR count). The van der Waals surface area contributed by atoms with E-state index in [2.05, 4.69) is 147 Å². The van der Waals surface area contributed by atoms with Gasteiger partial charge in [-0.15, -0.1) is 11.3 Å². The fourth-order valence-electron chi connectivity index (χ4n) is 6.55. The maximum atomic E-state index is 15.1. The monoisotopic (exact) mass is 880 g/mol. The van der Waals surface area contributed by atoms with E-state index in [1.54, 1.807) is 11.3 Å². The lowest BCUT2D eigenvalue weighted by Gasteiger charge is -2.47. The summed E-state index contributed by atoms with van der Waals surface area (Å²) in [6.45, 7) is 48.2. The standard InChI is InChI=1S/C47H89NO6SSi3/c1-23-25-38(43(51)47(15,16)40(31-41(49)50)53-57(19,20)45(9,10)11)42(54-58(21,22)46(12,13)14)34(3)27-24-26-33(2)28-29-39(52-56(17,18)44(6,7)8)35(4)30-37-32-55-36(5)48-37/h28,30,32,34,38-40,42H,23-27,29,31H2,1-22H3,(H,49,50)/b33-28?,35-30+/t34-,38+,39-,40-,42-/m0/s1. The van der Waals surface area contributed by atoms with Gasteiger partial charge in [0.05, 0.1) is 35.4 Å². The summed E-state index contributed by atoms with van der Waals surface area (Å²) in [5, 5.41) is 13.2. The van der Waals surface area contributed by atoms with Gasteiger partial charge in [-0.2, -0.15) is 0 Å². The number of carboxylic acids is 1. The summed E-state index contributed by atoms with van der Waals surface area (Å²) in [7, 11) is -6.74. The number of hydrogen-bond donors (Lipinski definition) is 1. The SMILES string of the molecule is CCC[C@@H](C(=O)C(C)(C)[C@H](CC(=O)O)O[Si](C)(C)C(C)(C)C)[C@@H](O[Si](C)(C)C(C)(C)C)[C@@H](C)CCCC(C)=CC[C@H](O[Si](C)(C)C(C)(C)C)/C(C)=C/c1csc(C)n1. The van der Waals surface area contributed by atoms with Gasteiger partial charge < -0.3 is 18.4 Å². The first-order valence-corrected chi connectivity index (χ1v) is 31.7. The molecule has 0 saturated heterocycles. The van der Waals surface area contributed by atoms with Gasteiger partial charge in [-0.1, -0.05) is 108 Å². The molecule has 0 aliphatic carbocycles. The minimum absolute atomic E-state index is 0.0196. The molecule has 7 nitrogen and oxygen atoms in total. The van der Waals surface area contributed by atoms with Crippen LogP contribution in [0.3, 0.4) is 0 Å².